The monoisotopic (exact) mass is 103 g/mol. The molecule has 0 spiro atoms. The molecule has 0 aliphatic rings. The second kappa shape index (κ2) is 3.32. The first-order valence-electron chi connectivity index (χ1n) is 1.76. The zero-order chi connectivity index (χ0) is 4.99. The number of allylic oxidation sites excluding steroid dienone is 1. The van der Waals surface area contributed by atoms with Gasteiger partial charge in [0.25, 0.3) is 0 Å². The molecule has 1 unspecified atom stereocenters. The Kier molecular flexibility index (Phi) is 3.40. The van der Waals surface area contributed by atoms with Gasteiger partial charge in [0.05, 0.1) is 8.15 Å². The fraction of sp³-hybridized carbons (Fsp3) is 0.500. The first kappa shape index (κ1) is 6.13. The molecular formula is C4H8OP. The Balaban J connectivity index is 2.81. The van der Waals surface area contributed by atoms with Crippen molar-refractivity contribution in [3.63, 3.8) is 0 Å². The summed E-state index contributed by atoms with van der Waals surface area (Å²) in [5, 5.41) is 0. The second-order valence-electron chi connectivity index (χ2n) is 1.10. The molecule has 0 bridgehead atoms. The third-order valence-electron chi connectivity index (χ3n) is 0.386. The molecule has 0 aromatic carbocycles. The maximum atomic E-state index is 10.1. The molecule has 0 aromatic heterocycles. The SMILES string of the molecule is C=CCP(C)[O]. The predicted octanol–water partition coefficient (Wildman–Crippen LogP) is 1.63. The number of rotatable bonds is 2. The summed E-state index contributed by atoms with van der Waals surface area (Å²) in [5.41, 5.74) is 0. The van der Waals surface area contributed by atoms with Crippen molar-refractivity contribution in [1.29, 1.82) is 0 Å². The summed E-state index contributed by atoms with van der Waals surface area (Å²) < 4.78 is 0. The van der Waals surface area contributed by atoms with Crippen molar-refractivity contribution in [3.05, 3.63) is 12.7 Å². The van der Waals surface area contributed by atoms with E-state index in [4.69, 9.17) is 0 Å². The molecule has 0 rings (SSSR count). The highest BCUT2D eigenvalue weighted by Crippen LogP contribution is 2.23. The van der Waals surface area contributed by atoms with Gasteiger partial charge in [0, 0.05) is 6.16 Å². The van der Waals surface area contributed by atoms with E-state index in [2.05, 4.69) is 6.58 Å². The average Bonchev–Trinajstić information content (AvgIpc) is 1.35. The van der Waals surface area contributed by atoms with E-state index in [1.807, 2.05) is 0 Å². The summed E-state index contributed by atoms with van der Waals surface area (Å²) >= 11 is 0. The van der Waals surface area contributed by atoms with Crippen LogP contribution in [0.5, 0.6) is 0 Å². The van der Waals surface area contributed by atoms with Gasteiger partial charge in [0.2, 0.25) is 0 Å². The molecule has 1 nitrogen and oxygen atoms in total. The summed E-state index contributed by atoms with van der Waals surface area (Å²) in [6.45, 7) is 5.11. The molecule has 0 aromatic rings. The van der Waals surface area contributed by atoms with E-state index >= 15 is 0 Å². The molecule has 0 N–H and O–H groups in total. The van der Waals surface area contributed by atoms with Gasteiger partial charge in [-0.3, -0.25) is 0 Å². The molecule has 0 aliphatic carbocycles. The Bertz CT molecular complexity index is 42.8. The van der Waals surface area contributed by atoms with Gasteiger partial charge in [-0.15, -0.1) is 6.58 Å². The van der Waals surface area contributed by atoms with Crippen LogP contribution in [-0.4, -0.2) is 12.8 Å². The van der Waals surface area contributed by atoms with Crippen LogP contribution in [0.1, 0.15) is 0 Å². The minimum Gasteiger partial charge on any atom is -0.212 e. The highest BCUT2D eigenvalue weighted by molar-refractivity contribution is 7.50. The van der Waals surface area contributed by atoms with Gasteiger partial charge in [-0.1, -0.05) is 6.08 Å². The fourth-order valence-corrected chi connectivity index (χ4v) is 0.545. The molecular weight excluding hydrogens is 95.0 g/mol. The van der Waals surface area contributed by atoms with Gasteiger partial charge in [0.1, 0.15) is 0 Å². The molecule has 6 heavy (non-hydrogen) atoms. The van der Waals surface area contributed by atoms with E-state index in [0.29, 0.717) is 6.16 Å². The summed E-state index contributed by atoms with van der Waals surface area (Å²) in [4.78, 5) is 10.1. The maximum Gasteiger partial charge on any atom is 0.0718 e. The van der Waals surface area contributed by atoms with Crippen molar-refractivity contribution in [1.82, 2.24) is 0 Å². The van der Waals surface area contributed by atoms with Crippen molar-refractivity contribution in [3.8, 4) is 0 Å². The quantitative estimate of drug-likeness (QED) is 0.374. The van der Waals surface area contributed by atoms with Crippen molar-refractivity contribution in [2.75, 3.05) is 12.8 Å². The van der Waals surface area contributed by atoms with Gasteiger partial charge in [-0.2, -0.15) is 0 Å². The van der Waals surface area contributed by atoms with Crippen molar-refractivity contribution >= 4 is 8.15 Å². The van der Waals surface area contributed by atoms with Crippen LogP contribution in [0.4, 0.5) is 0 Å². The van der Waals surface area contributed by atoms with Gasteiger partial charge in [-0.25, -0.2) is 4.89 Å². The average molecular weight is 103 g/mol. The summed E-state index contributed by atoms with van der Waals surface area (Å²) in [7, 11) is -0.969. The lowest BCUT2D eigenvalue weighted by atomic mass is 10.8. The van der Waals surface area contributed by atoms with E-state index in [9.17, 15) is 4.89 Å². The molecule has 1 radical (unpaired) electrons. The van der Waals surface area contributed by atoms with Crippen molar-refractivity contribution in [2.24, 2.45) is 0 Å². The van der Waals surface area contributed by atoms with Crippen LogP contribution >= 0.6 is 8.15 Å². The fourth-order valence-electron chi connectivity index (χ4n) is 0.182. The summed E-state index contributed by atoms with van der Waals surface area (Å²) in [6, 6.07) is 0. The molecule has 2 heteroatoms. The van der Waals surface area contributed by atoms with E-state index in [0.717, 1.165) is 0 Å². The molecule has 1 atom stereocenters. The zero-order valence-electron chi connectivity index (χ0n) is 3.85. The van der Waals surface area contributed by atoms with Gasteiger partial charge in [-0.05, 0) is 6.66 Å². The van der Waals surface area contributed by atoms with E-state index < -0.39 is 8.15 Å². The van der Waals surface area contributed by atoms with Crippen LogP contribution in [0, 0.1) is 0 Å². The van der Waals surface area contributed by atoms with Crippen LogP contribution in [0.25, 0.3) is 0 Å². The Morgan fingerprint density at radius 2 is 2.50 bits per heavy atom. The number of hydrogen-bond donors (Lipinski definition) is 0. The molecule has 0 fully saturated rings. The van der Waals surface area contributed by atoms with Gasteiger partial charge < -0.3 is 0 Å². The summed E-state index contributed by atoms with van der Waals surface area (Å²) in [5.74, 6) is 0. The normalized spacial score (nSPS) is 13.7. The lowest BCUT2D eigenvalue weighted by molar-refractivity contribution is 0.503. The second-order valence-corrected chi connectivity index (χ2v) is 2.72. The zero-order valence-corrected chi connectivity index (χ0v) is 4.74. The molecule has 0 saturated heterocycles. The first-order chi connectivity index (χ1) is 2.77. The lowest BCUT2D eigenvalue weighted by Crippen LogP contribution is -1.67. The first-order valence-corrected chi connectivity index (χ1v) is 3.65. The molecule has 0 heterocycles. The van der Waals surface area contributed by atoms with E-state index in [-0.39, 0.29) is 0 Å². The molecule has 35 valence electrons. The third-order valence-corrected chi connectivity index (χ3v) is 1.16. The Morgan fingerprint density at radius 1 is 2.00 bits per heavy atom. The standard InChI is InChI=1S/C4H8OP/c1-3-4-6(2)5/h3H,1,4H2,2H3. The minimum atomic E-state index is -0.969. The van der Waals surface area contributed by atoms with Crippen LogP contribution in [-0.2, 0) is 4.89 Å². The van der Waals surface area contributed by atoms with Gasteiger partial charge in [0.15, 0.2) is 0 Å². The van der Waals surface area contributed by atoms with Crippen LogP contribution in [0.15, 0.2) is 12.7 Å². The minimum absolute atomic E-state index is 0.648. The smallest absolute Gasteiger partial charge is 0.0718 e. The predicted molar refractivity (Wildman–Crippen MR) is 28.6 cm³/mol. The van der Waals surface area contributed by atoms with Crippen molar-refractivity contribution < 1.29 is 4.89 Å². The maximum absolute atomic E-state index is 10.1. The molecule has 0 aliphatic heterocycles. The Hall–Kier alpha value is 0.130. The van der Waals surface area contributed by atoms with Crippen LogP contribution < -0.4 is 0 Å². The summed E-state index contributed by atoms with van der Waals surface area (Å²) in [6.07, 6.45) is 2.31. The topological polar surface area (TPSA) is 19.9 Å². The highest BCUT2D eigenvalue weighted by Gasteiger charge is 1.87. The van der Waals surface area contributed by atoms with Crippen molar-refractivity contribution in [2.45, 2.75) is 0 Å². The van der Waals surface area contributed by atoms with E-state index in [1.165, 1.54) is 0 Å². The van der Waals surface area contributed by atoms with E-state index in [1.54, 1.807) is 12.7 Å². The lowest BCUT2D eigenvalue weighted by Gasteiger charge is -1.88. The number of hydrogen-bond acceptors (Lipinski definition) is 0. The Labute approximate surface area is 39.5 Å². The van der Waals surface area contributed by atoms with Crippen LogP contribution in [0.2, 0.25) is 0 Å². The third kappa shape index (κ3) is 4.13. The largest absolute Gasteiger partial charge is 0.212 e. The molecule has 0 amide bonds. The molecule has 0 saturated carbocycles. The van der Waals surface area contributed by atoms with Gasteiger partial charge >= 0.3 is 0 Å². The Morgan fingerprint density at radius 3 is 2.50 bits per heavy atom. The van der Waals surface area contributed by atoms with Crippen LogP contribution in [0.3, 0.4) is 0 Å². The highest BCUT2D eigenvalue weighted by atomic mass is 31.1.